The number of likely N-dealkylation sites (tertiary alicyclic amines) is 1. The van der Waals surface area contributed by atoms with Gasteiger partial charge in [0.1, 0.15) is 0 Å². The molecule has 0 N–H and O–H groups in total. The third-order valence-electron chi connectivity index (χ3n) is 6.71. The second-order valence-corrected chi connectivity index (χ2v) is 10.0. The number of esters is 1. The van der Waals surface area contributed by atoms with Gasteiger partial charge in [-0.2, -0.15) is 5.26 Å². The van der Waals surface area contributed by atoms with Gasteiger partial charge in [0, 0.05) is 5.92 Å². The first-order chi connectivity index (χ1) is 16.5. The molecule has 2 aromatic carbocycles. The van der Waals surface area contributed by atoms with Crippen LogP contribution in [0, 0.1) is 29.1 Å². The summed E-state index contributed by atoms with van der Waals surface area (Å²) >= 11 is 12.2. The van der Waals surface area contributed by atoms with Crippen molar-refractivity contribution in [3.05, 3.63) is 69.7 Å². The Hall–Kier alpha value is -2.06. The third-order valence-corrected chi connectivity index (χ3v) is 7.44. The van der Waals surface area contributed by atoms with E-state index in [1.54, 1.807) is 19.1 Å². The highest BCUT2D eigenvalue weighted by molar-refractivity contribution is 6.42. The summed E-state index contributed by atoms with van der Waals surface area (Å²) in [7, 11) is 0. The maximum atomic E-state index is 12.6. The van der Waals surface area contributed by atoms with E-state index in [-0.39, 0.29) is 17.8 Å². The Morgan fingerprint density at radius 3 is 2.50 bits per heavy atom. The van der Waals surface area contributed by atoms with Crippen LogP contribution in [0.25, 0.3) is 0 Å². The van der Waals surface area contributed by atoms with Crippen LogP contribution in [-0.4, -0.2) is 37.1 Å². The van der Waals surface area contributed by atoms with Crippen molar-refractivity contribution in [2.75, 3.05) is 26.2 Å². The van der Waals surface area contributed by atoms with Crippen LogP contribution in [0.3, 0.4) is 0 Å². The normalized spacial score (nSPS) is 16.5. The summed E-state index contributed by atoms with van der Waals surface area (Å²) < 4.78 is 5.31. The molecular formula is C28H34Cl2N2O2. The monoisotopic (exact) mass is 500 g/mol. The lowest BCUT2D eigenvalue weighted by Crippen LogP contribution is -2.36. The molecule has 6 heteroatoms. The summed E-state index contributed by atoms with van der Waals surface area (Å²) in [5.41, 5.74) is 2.34. The van der Waals surface area contributed by atoms with Crippen LogP contribution in [0.15, 0.2) is 48.5 Å². The van der Waals surface area contributed by atoms with Crippen LogP contribution in [-0.2, 0) is 22.4 Å². The van der Waals surface area contributed by atoms with Crippen molar-refractivity contribution in [1.29, 1.82) is 5.26 Å². The smallest absolute Gasteiger partial charge is 0.309 e. The Morgan fingerprint density at radius 1 is 1.12 bits per heavy atom. The Kier molecular flexibility index (Phi) is 10.7. The van der Waals surface area contributed by atoms with Gasteiger partial charge in [-0.25, -0.2) is 0 Å². The van der Waals surface area contributed by atoms with Gasteiger partial charge in [-0.05, 0) is 94.3 Å². The van der Waals surface area contributed by atoms with Crippen molar-refractivity contribution in [1.82, 2.24) is 4.90 Å². The van der Waals surface area contributed by atoms with Gasteiger partial charge in [0.15, 0.2) is 0 Å². The molecule has 1 aliphatic heterocycles. The fourth-order valence-corrected chi connectivity index (χ4v) is 5.07. The van der Waals surface area contributed by atoms with Crippen LogP contribution in [0.5, 0.6) is 0 Å². The van der Waals surface area contributed by atoms with Gasteiger partial charge in [-0.1, -0.05) is 59.6 Å². The lowest BCUT2D eigenvalue weighted by Gasteiger charge is -2.32. The van der Waals surface area contributed by atoms with Gasteiger partial charge in [0.25, 0.3) is 0 Å². The van der Waals surface area contributed by atoms with E-state index in [9.17, 15) is 10.1 Å². The Balaban J connectivity index is 1.50. The number of nitriles is 1. The average molecular weight is 501 g/mol. The number of piperidine rings is 1. The Bertz CT molecular complexity index is 953. The van der Waals surface area contributed by atoms with Crippen molar-refractivity contribution in [3.63, 3.8) is 0 Å². The molecule has 0 aliphatic carbocycles. The Morgan fingerprint density at radius 2 is 1.85 bits per heavy atom. The highest BCUT2D eigenvalue weighted by Gasteiger charge is 2.26. The predicted molar refractivity (Wildman–Crippen MR) is 138 cm³/mol. The number of nitrogens with zero attached hydrogens (tertiary/aromatic N) is 2. The molecule has 1 saturated heterocycles. The van der Waals surface area contributed by atoms with E-state index >= 15 is 0 Å². The molecule has 182 valence electrons. The fourth-order valence-electron chi connectivity index (χ4n) is 4.75. The minimum Gasteiger partial charge on any atom is -0.466 e. The van der Waals surface area contributed by atoms with Crippen LogP contribution >= 0.6 is 23.2 Å². The number of carbonyl (C=O) groups is 1. The molecule has 0 spiro atoms. The second-order valence-electron chi connectivity index (χ2n) is 9.23. The molecule has 0 amide bonds. The zero-order valence-electron chi connectivity index (χ0n) is 19.9. The molecule has 0 saturated carbocycles. The van der Waals surface area contributed by atoms with Gasteiger partial charge >= 0.3 is 5.97 Å². The molecule has 0 bridgehead atoms. The van der Waals surface area contributed by atoms with Crippen molar-refractivity contribution < 1.29 is 9.53 Å². The minimum absolute atomic E-state index is 0.195. The maximum absolute atomic E-state index is 12.6. The van der Waals surface area contributed by atoms with Crippen molar-refractivity contribution in [2.24, 2.45) is 17.8 Å². The lowest BCUT2D eigenvalue weighted by molar-refractivity contribution is -0.148. The summed E-state index contributed by atoms with van der Waals surface area (Å²) in [5, 5.41) is 10.8. The molecule has 2 unspecified atom stereocenters. The van der Waals surface area contributed by atoms with E-state index in [4.69, 9.17) is 27.9 Å². The molecule has 1 fully saturated rings. The second kappa shape index (κ2) is 13.7. The largest absolute Gasteiger partial charge is 0.466 e. The number of hydrogen-bond donors (Lipinski definition) is 0. The van der Waals surface area contributed by atoms with E-state index in [1.165, 1.54) is 18.4 Å². The molecule has 4 nitrogen and oxygen atoms in total. The maximum Gasteiger partial charge on any atom is 0.309 e. The minimum atomic E-state index is -0.376. The SMILES string of the molecule is CCOC(=O)C(Cc1ccc(Cl)c(Cl)c1)CC(C#N)CCN1CCC(Cc2ccccc2)CC1. The quantitative estimate of drug-likeness (QED) is 0.326. The van der Waals surface area contributed by atoms with Gasteiger partial charge in [-0.3, -0.25) is 4.79 Å². The number of ether oxygens (including phenoxy) is 1. The van der Waals surface area contributed by atoms with Gasteiger partial charge < -0.3 is 9.64 Å². The first-order valence-electron chi connectivity index (χ1n) is 12.2. The molecule has 2 atom stereocenters. The van der Waals surface area contributed by atoms with E-state index in [1.807, 2.05) is 6.07 Å². The molecular weight excluding hydrogens is 467 g/mol. The van der Waals surface area contributed by atoms with Gasteiger partial charge in [0.2, 0.25) is 0 Å². The molecule has 0 radical (unpaired) electrons. The van der Waals surface area contributed by atoms with Crippen LogP contribution in [0.4, 0.5) is 0 Å². The highest BCUT2D eigenvalue weighted by atomic mass is 35.5. The number of halogens is 2. The standard InChI is InChI=1S/C28H34Cl2N2O2/c1-2-34-28(33)25(17-23-8-9-26(29)27(30)19-23)18-24(20-31)12-15-32-13-10-22(11-14-32)16-21-6-4-3-5-7-21/h3-9,19,22,24-25H,2,10-18H2,1H3. The molecule has 3 rings (SSSR count). The molecule has 34 heavy (non-hydrogen) atoms. The zero-order valence-corrected chi connectivity index (χ0v) is 21.4. The van der Waals surface area contributed by atoms with Crippen molar-refractivity contribution >= 4 is 29.2 Å². The summed E-state index contributed by atoms with van der Waals surface area (Å²) in [6, 6.07) is 18.5. The van der Waals surface area contributed by atoms with E-state index < -0.39 is 0 Å². The number of rotatable bonds is 11. The summed E-state index contributed by atoms with van der Waals surface area (Å²) in [6.45, 7) is 5.15. The lowest BCUT2D eigenvalue weighted by atomic mass is 9.87. The zero-order chi connectivity index (χ0) is 24.3. The number of hydrogen-bond acceptors (Lipinski definition) is 4. The topological polar surface area (TPSA) is 53.3 Å². The fraction of sp³-hybridized carbons (Fsp3) is 0.500. The summed E-state index contributed by atoms with van der Waals surface area (Å²) in [4.78, 5) is 15.1. The number of carbonyl (C=O) groups excluding carboxylic acids is 1. The molecule has 2 aromatic rings. The summed E-state index contributed by atoms with van der Waals surface area (Å²) in [6.07, 6.45) is 5.26. The van der Waals surface area contributed by atoms with Gasteiger partial charge in [-0.15, -0.1) is 0 Å². The molecule has 1 aliphatic rings. The third kappa shape index (κ3) is 8.31. The first kappa shape index (κ1) is 26.5. The van der Waals surface area contributed by atoms with Crippen LogP contribution in [0.1, 0.15) is 43.7 Å². The van der Waals surface area contributed by atoms with E-state index in [0.717, 1.165) is 44.0 Å². The number of benzene rings is 2. The Labute approximate surface area is 213 Å². The van der Waals surface area contributed by atoms with Gasteiger partial charge in [0.05, 0.1) is 28.6 Å². The molecule has 0 aromatic heterocycles. The van der Waals surface area contributed by atoms with Crippen LogP contribution in [0.2, 0.25) is 10.0 Å². The molecule has 1 heterocycles. The van der Waals surface area contributed by atoms with Crippen LogP contribution < -0.4 is 0 Å². The van der Waals surface area contributed by atoms with Crippen molar-refractivity contribution in [3.8, 4) is 6.07 Å². The highest BCUT2D eigenvalue weighted by Crippen LogP contribution is 2.27. The average Bonchev–Trinajstić information content (AvgIpc) is 2.85. The van der Waals surface area contributed by atoms with E-state index in [0.29, 0.717) is 29.5 Å². The van der Waals surface area contributed by atoms with Crippen molar-refractivity contribution in [2.45, 2.75) is 45.4 Å². The first-order valence-corrected chi connectivity index (χ1v) is 13.0. The predicted octanol–water partition coefficient (Wildman–Crippen LogP) is 6.59. The summed E-state index contributed by atoms with van der Waals surface area (Å²) in [5.74, 6) is -0.0990. The van der Waals surface area contributed by atoms with E-state index in [2.05, 4.69) is 41.3 Å².